The van der Waals surface area contributed by atoms with E-state index >= 15 is 0 Å². The topological polar surface area (TPSA) is 52.9 Å². The number of unbranched alkanes of at least 4 members (excludes halogenated alkanes) is 2. The Hall–Kier alpha value is -3.08. The molecule has 4 nitrogen and oxygen atoms in total. The van der Waals surface area contributed by atoms with Crippen molar-refractivity contribution >= 4 is 11.1 Å². The summed E-state index contributed by atoms with van der Waals surface area (Å²) in [4.78, 5) is 2.36. The van der Waals surface area contributed by atoms with Crippen molar-refractivity contribution in [3.63, 3.8) is 0 Å². The summed E-state index contributed by atoms with van der Waals surface area (Å²) >= 11 is 0. The van der Waals surface area contributed by atoms with E-state index in [-0.39, 0.29) is 12.4 Å². The zero-order chi connectivity index (χ0) is 27.6. The van der Waals surface area contributed by atoms with Crippen LogP contribution < -0.4 is 4.74 Å². The van der Waals surface area contributed by atoms with Crippen LogP contribution in [0.3, 0.4) is 0 Å². The van der Waals surface area contributed by atoms with E-state index in [1.165, 1.54) is 50.8 Å². The average molecular weight is 518 g/mol. The molecule has 1 heterocycles. The maximum Gasteiger partial charge on any atom is 0.118 e. The molecular weight excluding hydrogens is 470 g/mol. The molecule has 0 radical (unpaired) electrons. The fourth-order valence-corrected chi connectivity index (χ4v) is 4.44. The van der Waals surface area contributed by atoms with Gasteiger partial charge in [-0.2, -0.15) is 0 Å². The van der Waals surface area contributed by atoms with Gasteiger partial charge in [0.2, 0.25) is 0 Å². The van der Waals surface area contributed by atoms with E-state index in [2.05, 4.69) is 37.9 Å². The Kier molecular flexibility index (Phi) is 14.9. The first-order valence-corrected chi connectivity index (χ1v) is 14.1. The normalized spacial score (nSPS) is 13.5. The summed E-state index contributed by atoms with van der Waals surface area (Å²) in [5, 5.41) is 19.1. The lowest BCUT2D eigenvalue weighted by molar-refractivity contribution is 0.290. The SMILES string of the molecule is CCCCC.CN1CCCC1.COc1ccc(/C(=C(/CCCO)c2ccccc2)c2ccc(O)cc2)cc1. The predicted molar refractivity (Wildman–Crippen MR) is 162 cm³/mol. The molecule has 206 valence electrons. The van der Waals surface area contributed by atoms with Crippen LogP contribution in [0.2, 0.25) is 0 Å². The van der Waals surface area contributed by atoms with Gasteiger partial charge in [-0.3, -0.25) is 0 Å². The first kappa shape index (κ1) is 31.1. The summed E-state index contributed by atoms with van der Waals surface area (Å²) in [5.74, 6) is 1.05. The number of hydrogen-bond donors (Lipinski definition) is 2. The molecule has 4 rings (SSSR count). The number of ether oxygens (including phenoxy) is 1. The maximum atomic E-state index is 9.71. The van der Waals surface area contributed by atoms with Crippen LogP contribution in [-0.2, 0) is 0 Å². The Bertz CT molecular complexity index is 1040. The molecule has 0 spiro atoms. The molecule has 1 aliphatic heterocycles. The van der Waals surface area contributed by atoms with E-state index in [4.69, 9.17) is 4.74 Å². The minimum atomic E-state index is 0.141. The quantitative estimate of drug-likeness (QED) is 0.282. The summed E-state index contributed by atoms with van der Waals surface area (Å²) in [6, 6.07) is 25.5. The Morgan fingerprint density at radius 2 is 1.32 bits per heavy atom. The van der Waals surface area contributed by atoms with Crippen LogP contribution in [0.25, 0.3) is 11.1 Å². The monoisotopic (exact) mass is 517 g/mol. The van der Waals surface area contributed by atoms with Crippen LogP contribution in [0.15, 0.2) is 78.9 Å². The number of aliphatic hydroxyl groups is 1. The van der Waals surface area contributed by atoms with Crippen molar-refractivity contribution < 1.29 is 14.9 Å². The summed E-state index contributed by atoms with van der Waals surface area (Å²) in [5.41, 5.74) is 5.48. The van der Waals surface area contributed by atoms with Gasteiger partial charge in [0.25, 0.3) is 0 Å². The average Bonchev–Trinajstić information content (AvgIpc) is 3.44. The number of phenolic OH excluding ortho intramolecular Hbond substituents is 1. The van der Waals surface area contributed by atoms with Gasteiger partial charge in [0, 0.05) is 6.61 Å². The van der Waals surface area contributed by atoms with Gasteiger partial charge < -0.3 is 19.8 Å². The number of rotatable bonds is 9. The van der Waals surface area contributed by atoms with E-state index in [9.17, 15) is 10.2 Å². The summed E-state index contributed by atoms with van der Waals surface area (Å²) in [7, 11) is 3.83. The van der Waals surface area contributed by atoms with Crippen LogP contribution in [0.1, 0.15) is 75.5 Å². The number of aliphatic hydroxyl groups excluding tert-OH is 1. The number of phenols is 1. The number of benzene rings is 3. The molecule has 4 heteroatoms. The first-order chi connectivity index (χ1) is 18.5. The second-order valence-corrected chi connectivity index (χ2v) is 9.69. The van der Waals surface area contributed by atoms with E-state index in [0.717, 1.165) is 34.4 Å². The molecule has 3 aromatic carbocycles. The highest BCUT2D eigenvalue weighted by atomic mass is 16.5. The fraction of sp³-hybridized carbons (Fsp3) is 0.412. The van der Waals surface area contributed by atoms with Crippen molar-refractivity contribution in [3.05, 3.63) is 95.6 Å². The second-order valence-electron chi connectivity index (χ2n) is 9.69. The predicted octanol–water partition coefficient (Wildman–Crippen LogP) is 8.04. The number of nitrogens with zero attached hydrogens (tertiary/aromatic N) is 1. The van der Waals surface area contributed by atoms with Crippen molar-refractivity contribution in [2.45, 2.75) is 58.8 Å². The van der Waals surface area contributed by atoms with Crippen molar-refractivity contribution in [3.8, 4) is 11.5 Å². The minimum Gasteiger partial charge on any atom is -0.508 e. The molecule has 1 aliphatic rings. The van der Waals surface area contributed by atoms with E-state index in [1.807, 2.05) is 54.6 Å². The Morgan fingerprint density at radius 3 is 1.74 bits per heavy atom. The smallest absolute Gasteiger partial charge is 0.118 e. The molecule has 3 aromatic rings. The zero-order valence-corrected chi connectivity index (χ0v) is 23.8. The standard InChI is InChI=1S/C24H24O3.C5H11N.C5H12/c1-27-22-15-11-20(12-16-22)24(19-9-13-21(26)14-10-19)23(8-5-17-25)18-6-3-2-4-7-18;1-6-4-2-3-5-6;1-3-5-4-2/h2-4,6-7,9-16,25-26H,5,8,17H2,1H3;2-5H2,1H3;3-5H2,1-2H3/b24-23-;;. The Morgan fingerprint density at radius 1 is 0.763 bits per heavy atom. The van der Waals surface area contributed by atoms with Gasteiger partial charge in [-0.05, 0) is 97.9 Å². The lowest BCUT2D eigenvalue weighted by Crippen LogP contribution is -2.10. The van der Waals surface area contributed by atoms with E-state index < -0.39 is 0 Å². The minimum absolute atomic E-state index is 0.141. The highest BCUT2D eigenvalue weighted by Gasteiger charge is 2.14. The number of allylic oxidation sites excluding steroid dienone is 1. The molecule has 0 bridgehead atoms. The van der Waals surface area contributed by atoms with Crippen LogP contribution in [0.4, 0.5) is 0 Å². The summed E-state index contributed by atoms with van der Waals surface area (Å²) in [6.07, 6.45) is 8.34. The summed E-state index contributed by atoms with van der Waals surface area (Å²) in [6.45, 7) is 7.20. The zero-order valence-electron chi connectivity index (χ0n) is 23.8. The van der Waals surface area contributed by atoms with E-state index in [0.29, 0.717) is 6.42 Å². The molecule has 0 saturated carbocycles. The number of methoxy groups -OCH3 is 1. The van der Waals surface area contributed by atoms with Crippen molar-refractivity contribution in [1.82, 2.24) is 4.90 Å². The molecule has 0 atom stereocenters. The molecule has 0 aromatic heterocycles. The summed E-state index contributed by atoms with van der Waals surface area (Å²) < 4.78 is 5.30. The first-order valence-electron chi connectivity index (χ1n) is 14.1. The van der Waals surface area contributed by atoms with Crippen molar-refractivity contribution in [2.24, 2.45) is 0 Å². The van der Waals surface area contributed by atoms with Gasteiger partial charge in [-0.25, -0.2) is 0 Å². The van der Waals surface area contributed by atoms with Gasteiger partial charge in [-0.1, -0.05) is 87.7 Å². The van der Waals surface area contributed by atoms with E-state index in [1.54, 1.807) is 19.2 Å². The van der Waals surface area contributed by atoms with Crippen LogP contribution in [0.5, 0.6) is 11.5 Å². The van der Waals surface area contributed by atoms with Crippen molar-refractivity contribution in [1.29, 1.82) is 0 Å². The third kappa shape index (κ3) is 10.7. The molecular formula is C34H47NO3. The molecule has 0 amide bonds. The lowest BCUT2D eigenvalue weighted by atomic mass is 9.87. The third-order valence-electron chi connectivity index (χ3n) is 6.58. The number of hydrogen-bond acceptors (Lipinski definition) is 4. The van der Waals surface area contributed by atoms with Gasteiger partial charge in [0.15, 0.2) is 0 Å². The molecule has 2 N–H and O–H groups in total. The Labute approximate surface area is 230 Å². The van der Waals surface area contributed by atoms with Gasteiger partial charge in [0.05, 0.1) is 7.11 Å². The van der Waals surface area contributed by atoms with Crippen LogP contribution in [0, 0.1) is 0 Å². The highest BCUT2D eigenvalue weighted by Crippen LogP contribution is 2.36. The third-order valence-corrected chi connectivity index (χ3v) is 6.58. The largest absolute Gasteiger partial charge is 0.508 e. The fourth-order valence-electron chi connectivity index (χ4n) is 4.44. The second kappa shape index (κ2) is 18.2. The highest BCUT2D eigenvalue weighted by molar-refractivity contribution is 5.98. The number of aromatic hydroxyl groups is 1. The Balaban J connectivity index is 0.000000383. The van der Waals surface area contributed by atoms with Crippen molar-refractivity contribution in [2.75, 3.05) is 33.9 Å². The molecule has 0 unspecified atom stereocenters. The molecule has 1 fully saturated rings. The molecule has 1 saturated heterocycles. The molecule has 0 aliphatic carbocycles. The van der Waals surface area contributed by atoms with Gasteiger partial charge >= 0.3 is 0 Å². The molecule has 38 heavy (non-hydrogen) atoms. The number of likely N-dealkylation sites (tertiary alicyclic amines) is 1. The lowest BCUT2D eigenvalue weighted by Gasteiger charge is -2.18. The van der Waals surface area contributed by atoms with Crippen LogP contribution >= 0.6 is 0 Å². The maximum absolute atomic E-state index is 9.71. The van der Waals surface area contributed by atoms with Gasteiger partial charge in [-0.15, -0.1) is 0 Å². The van der Waals surface area contributed by atoms with Crippen LogP contribution in [-0.4, -0.2) is 49.0 Å². The van der Waals surface area contributed by atoms with Gasteiger partial charge in [0.1, 0.15) is 11.5 Å².